The molecule has 46 heavy (non-hydrogen) atoms. The Morgan fingerprint density at radius 3 is 2.39 bits per heavy atom. The quantitative estimate of drug-likeness (QED) is 0.177. The van der Waals surface area contributed by atoms with E-state index in [0.29, 0.717) is 31.6 Å². The van der Waals surface area contributed by atoms with Crippen LogP contribution in [0, 0.1) is 5.92 Å². The molecule has 0 saturated carbocycles. The zero-order chi connectivity index (χ0) is 34.0. The number of ether oxygens (including phenoxy) is 2. The summed E-state index contributed by atoms with van der Waals surface area (Å²) in [5.74, 6) is -1.70. The molecule has 0 bridgehead atoms. The van der Waals surface area contributed by atoms with Crippen LogP contribution in [0.2, 0.25) is 0 Å². The molecule has 1 saturated heterocycles. The van der Waals surface area contributed by atoms with Crippen molar-refractivity contribution in [2.45, 2.75) is 89.9 Å². The Morgan fingerprint density at radius 1 is 1.07 bits per heavy atom. The molecule has 1 fully saturated rings. The van der Waals surface area contributed by atoms with E-state index in [4.69, 9.17) is 21.1 Å². The molecule has 0 spiro atoms. The maximum absolute atomic E-state index is 13.2. The van der Waals surface area contributed by atoms with Gasteiger partial charge in [-0.3, -0.25) is 24.2 Å². The number of nitrogens with one attached hydrogen (secondary N) is 3. The monoisotopic (exact) mass is 658 g/mol. The Labute approximate surface area is 276 Å². The van der Waals surface area contributed by atoms with Crippen molar-refractivity contribution in [2.24, 2.45) is 5.92 Å². The van der Waals surface area contributed by atoms with Crippen LogP contribution in [0.1, 0.15) is 72.5 Å². The van der Waals surface area contributed by atoms with Gasteiger partial charge in [0.2, 0.25) is 5.91 Å². The van der Waals surface area contributed by atoms with Gasteiger partial charge in [-0.1, -0.05) is 51.1 Å². The van der Waals surface area contributed by atoms with Gasteiger partial charge in [0.15, 0.2) is 6.61 Å². The highest BCUT2D eigenvalue weighted by Gasteiger charge is 2.34. The Morgan fingerprint density at radius 2 is 1.76 bits per heavy atom. The van der Waals surface area contributed by atoms with Gasteiger partial charge in [0.05, 0.1) is 11.0 Å². The maximum Gasteiger partial charge on any atom is 0.325 e. The minimum atomic E-state index is -0.921. The average Bonchev–Trinajstić information content (AvgIpc) is 3.04. The third-order valence-electron chi connectivity index (χ3n) is 7.91. The average molecular weight is 659 g/mol. The summed E-state index contributed by atoms with van der Waals surface area (Å²) in [6, 6.07) is 12.3. The number of rotatable bonds is 14. The molecule has 12 heteroatoms. The van der Waals surface area contributed by atoms with Crippen LogP contribution in [0.3, 0.4) is 0 Å². The first-order valence-corrected chi connectivity index (χ1v) is 16.1. The van der Waals surface area contributed by atoms with E-state index < -0.39 is 52.8 Å². The Kier molecular flexibility index (Phi) is 13.4. The van der Waals surface area contributed by atoms with Crippen molar-refractivity contribution in [1.82, 2.24) is 21.1 Å². The van der Waals surface area contributed by atoms with Crippen LogP contribution in [-0.4, -0.2) is 76.6 Å². The van der Waals surface area contributed by atoms with Crippen LogP contribution in [0.5, 0.6) is 5.75 Å². The standard InChI is InChI=1S/C34H47ClN4O7/c1-7-34(6,35)20-46-33(44)28-12-9-17-39(38-28)32(43)22(4)36-31(42)30(21(2)3)37-29(41)19-45-27-15-13-24(14-16-27)26-11-8-10-25(18-26)23(5)40/h8,10-11,13-16,18,21-23,28,30,38,40H,7,9,12,17,19-20H2,1-6H3,(H,36,42)(H,37,41)/t22-,23+,28?,30-,34?/m0/s1. The third-order valence-corrected chi connectivity index (χ3v) is 8.29. The van der Waals surface area contributed by atoms with Crippen LogP contribution in [0.25, 0.3) is 11.1 Å². The number of carbonyl (C=O) groups excluding carboxylic acids is 4. The molecule has 252 valence electrons. The molecule has 11 nitrogen and oxygen atoms in total. The van der Waals surface area contributed by atoms with E-state index in [0.717, 1.165) is 16.7 Å². The molecule has 1 aliphatic heterocycles. The van der Waals surface area contributed by atoms with Gasteiger partial charge >= 0.3 is 5.97 Å². The van der Waals surface area contributed by atoms with Gasteiger partial charge in [-0.25, -0.2) is 5.43 Å². The summed E-state index contributed by atoms with van der Waals surface area (Å²) in [5.41, 5.74) is 5.61. The van der Waals surface area contributed by atoms with Crippen molar-refractivity contribution in [3.05, 3.63) is 54.1 Å². The van der Waals surface area contributed by atoms with E-state index in [1.807, 2.05) is 43.3 Å². The first-order valence-electron chi connectivity index (χ1n) is 15.7. The topological polar surface area (TPSA) is 146 Å². The number of hydrazine groups is 1. The van der Waals surface area contributed by atoms with Gasteiger partial charge in [0, 0.05) is 6.54 Å². The summed E-state index contributed by atoms with van der Waals surface area (Å²) in [7, 11) is 0. The Bertz CT molecular complexity index is 1350. The first kappa shape index (κ1) is 36.8. The number of aliphatic hydroxyl groups excluding tert-OH is 1. The molecule has 0 aromatic heterocycles. The first-order chi connectivity index (χ1) is 21.7. The van der Waals surface area contributed by atoms with E-state index in [2.05, 4.69) is 16.1 Å². The molecule has 2 aromatic carbocycles. The van der Waals surface area contributed by atoms with Crippen molar-refractivity contribution >= 4 is 35.3 Å². The minimum Gasteiger partial charge on any atom is -0.484 e. The molecule has 5 atom stereocenters. The molecule has 0 aliphatic carbocycles. The summed E-state index contributed by atoms with van der Waals surface area (Å²) in [6.45, 7) is 10.6. The van der Waals surface area contributed by atoms with Crippen LogP contribution in [0.4, 0.5) is 0 Å². The normalized spacial score (nSPS) is 18.1. The second kappa shape index (κ2) is 16.8. The van der Waals surface area contributed by atoms with Crippen LogP contribution in [0.15, 0.2) is 48.5 Å². The number of hydrogen-bond donors (Lipinski definition) is 4. The fourth-order valence-electron chi connectivity index (χ4n) is 4.76. The SMILES string of the molecule is CCC(C)(Cl)COC(=O)C1CCCN(C(=O)[C@H](C)NC(=O)[C@@H](NC(=O)COc2ccc(-c3cccc([C@@H](C)O)c3)cc2)C(C)C)N1. The number of alkyl halides is 1. The second-order valence-corrected chi connectivity index (χ2v) is 13.2. The number of aliphatic hydroxyl groups is 1. The highest BCUT2D eigenvalue weighted by Crippen LogP contribution is 2.25. The van der Waals surface area contributed by atoms with Gasteiger partial charge < -0.3 is 25.2 Å². The number of esters is 1. The zero-order valence-corrected chi connectivity index (χ0v) is 28.2. The fourth-order valence-corrected chi connectivity index (χ4v) is 4.81. The number of nitrogens with zero attached hydrogens (tertiary/aromatic N) is 1. The molecule has 3 amide bonds. The largest absolute Gasteiger partial charge is 0.484 e. The lowest BCUT2D eigenvalue weighted by Gasteiger charge is -2.35. The van der Waals surface area contributed by atoms with Crippen LogP contribution in [-0.2, 0) is 23.9 Å². The predicted molar refractivity (Wildman–Crippen MR) is 176 cm³/mol. The lowest BCUT2D eigenvalue weighted by Crippen LogP contribution is -2.61. The van der Waals surface area contributed by atoms with Crippen molar-refractivity contribution in [1.29, 1.82) is 0 Å². The van der Waals surface area contributed by atoms with E-state index in [9.17, 15) is 24.3 Å². The van der Waals surface area contributed by atoms with E-state index in [-0.39, 0.29) is 19.1 Å². The molecule has 2 aromatic rings. The van der Waals surface area contributed by atoms with Gasteiger partial charge in [0.25, 0.3) is 11.8 Å². The number of amides is 3. The second-order valence-electron chi connectivity index (χ2n) is 12.3. The number of halogens is 1. The highest BCUT2D eigenvalue weighted by molar-refractivity contribution is 6.23. The van der Waals surface area contributed by atoms with Gasteiger partial charge in [-0.15, -0.1) is 11.6 Å². The number of benzene rings is 2. The summed E-state index contributed by atoms with van der Waals surface area (Å²) < 4.78 is 11.0. The predicted octanol–water partition coefficient (Wildman–Crippen LogP) is 3.88. The molecular formula is C34H47ClN4O7. The van der Waals surface area contributed by atoms with Crippen LogP contribution >= 0.6 is 11.6 Å². The van der Waals surface area contributed by atoms with Gasteiger partial charge in [-0.05, 0) is 80.8 Å². The highest BCUT2D eigenvalue weighted by atomic mass is 35.5. The van der Waals surface area contributed by atoms with Crippen molar-refractivity contribution < 1.29 is 33.8 Å². The third kappa shape index (κ3) is 10.7. The lowest BCUT2D eigenvalue weighted by atomic mass is 10.0. The van der Waals surface area contributed by atoms with E-state index >= 15 is 0 Å². The number of carbonyl (C=O) groups is 4. The zero-order valence-electron chi connectivity index (χ0n) is 27.5. The summed E-state index contributed by atoms with van der Waals surface area (Å²) >= 11 is 6.29. The van der Waals surface area contributed by atoms with Crippen LogP contribution < -0.4 is 20.8 Å². The summed E-state index contributed by atoms with van der Waals surface area (Å²) in [4.78, 5) is 51.0. The van der Waals surface area contributed by atoms with Crippen molar-refractivity contribution in [3.8, 4) is 16.9 Å². The lowest BCUT2D eigenvalue weighted by molar-refractivity contribution is -0.153. The fraction of sp³-hybridized carbons (Fsp3) is 0.529. The number of hydrogen-bond acceptors (Lipinski definition) is 8. The van der Waals surface area contributed by atoms with Crippen molar-refractivity contribution in [3.63, 3.8) is 0 Å². The molecule has 4 N–H and O–H groups in total. The molecule has 3 rings (SSSR count). The van der Waals surface area contributed by atoms with E-state index in [1.54, 1.807) is 46.8 Å². The summed E-state index contributed by atoms with van der Waals surface area (Å²) in [5, 5.41) is 16.6. The maximum atomic E-state index is 13.2. The Hall–Kier alpha value is -3.67. The molecule has 1 heterocycles. The van der Waals surface area contributed by atoms with Crippen molar-refractivity contribution in [2.75, 3.05) is 19.8 Å². The minimum absolute atomic E-state index is 0.0582. The van der Waals surface area contributed by atoms with E-state index in [1.165, 1.54) is 5.01 Å². The smallest absolute Gasteiger partial charge is 0.325 e. The molecule has 0 radical (unpaired) electrons. The summed E-state index contributed by atoms with van der Waals surface area (Å²) in [6.07, 6.45) is 1.13. The molecule has 1 aliphatic rings. The van der Waals surface area contributed by atoms with Gasteiger partial charge in [0.1, 0.15) is 30.5 Å². The molecule has 2 unspecified atom stereocenters. The molecular weight excluding hydrogens is 612 g/mol. The Balaban J connectivity index is 1.50. The van der Waals surface area contributed by atoms with Gasteiger partial charge in [-0.2, -0.15) is 0 Å².